The highest BCUT2D eigenvalue weighted by molar-refractivity contribution is 6.32. The van der Waals surface area contributed by atoms with Crippen LogP contribution in [0.2, 0.25) is 5.02 Å². The molecule has 140 valence electrons. The van der Waals surface area contributed by atoms with Gasteiger partial charge in [-0.2, -0.15) is 0 Å². The first-order chi connectivity index (χ1) is 13.0. The number of hydrogen-bond donors (Lipinski definition) is 2. The van der Waals surface area contributed by atoms with Gasteiger partial charge in [0.25, 0.3) is 0 Å². The van der Waals surface area contributed by atoms with E-state index in [0.717, 1.165) is 0 Å². The number of methoxy groups -OCH3 is 1. The van der Waals surface area contributed by atoms with Crippen LogP contribution in [-0.2, 0) is 6.42 Å². The molecule has 1 aromatic heterocycles. The van der Waals surface area contributed by atoms with E-state index < -0.39 is 0 Å². The Balaban J connectivity index is 1.49. The van der Waals surface area contributed by atoms with Gasteiger partial charge >= 0.3 is 6.03 Å². The van der Waals surface area contributed by atoms with Gasteiger partial charge < -0.3 is 19.8 Å². The third-order valence-electron chi connectivity index (χ3n) is 3.72. The SMILES string of the molecule is COc1ccc(NC(=O)NCCc2coc(-c3ccc(F)cc3)n2)cc1Cl. The minimum atomic E-state index is -0.363. The van der Waals surface area contributed by atoms with Gasteiger partial charge in [0.1, 0.15) is 17.8 Å². The molecule has 0 aliphatic rings. The number of hydrogen-bond acceptors (Lipinski definition) is 4. The summed E-state index contributed by atoms with van der Waals surface area (Å²) in [6.07, 6.45) is 2.00. The summed E-state index contributed by atoms with van der Waals surface area (Å²) in [6.45, 7) is 0.366. The van der Waals surface area contributed by atoms with Crippen LogP contribution < -0.4 is 15.4 Å². The molecule has 2 amide bonds. The fraction of sp³-hybridized carbons (Fsp3) is 0.158. The second-order valence-corrected chi connectivity index (χ2v) is 6.04. The van der Waals surface area contributed by atoms with Gasteiger partial charge in [0.15, 0.2) is 0 Å². The van der Waals surface area contributed by atoms with Gasteiger partial charge in [0.2, 0.25) is 5.89 Å². The Morgan fingerprint density at radius 3 is 2.74 bits per heavy atom. The van der Waals surface area contributed by atoms with Crippen LogP contribution in [0.5, 0.6) is 5.75 Å². The fourth-order valence-electron chi connectivity index (χ4n) is 2.37. The van der Waals surface area contributed by atoms with Gasteiger partial charge in [-0.25, -0.2) is 14.2 Å². The van der Waals surface area contributed by atoms with E-state index in [-0.39, 0.29) is 11.8 Å². The van der Waals surface area contributed by atoms with E-state index in [1.165, 1.54) is 25.5 Å². The Morgan fingerprint density at radius 1 is 1.26 bits per heavy atom. The standard InChI is InChI=1S/C19H17ClFN3O3/c1-26-17-7-6-14(10-16(17)20)24-19(25)22-9-8-15-11-27-18(23-15)12-2-4-13(21)5-3-12/h2-7,10-11H,8-9H2,1H3,(H2,22,24,25). The maximum atomic E-state index is 13.0. The third-order valence-corrected chi connectivity index (χ3v) is 4.01. The number of nitrogens with zero attached hydrogens (tertiary/aromatic N) is 1. The van der Waals surface area contributed by atoms with Gasteiger partial charge in [-0.05, 0) is 42.5 Å². The molecular formula is C19H17ClFN3O3. The van der Waals surface area contributed by atoms with Crippen molar-refractivity contribution in [3.63, 3.8) is 0 Å². The zero-order chi connectivity index (χ0) is 19.2. The Kier molecular flexibility index (Phi) is 5.93. The molecule has 0 unspecified atom stereocenters. The average Bonchev–Trinajstić information content (AvgIpc) is 3.11. The highest BCUT2D eigenvalue weighted by Crippen LogP contribution is 2.27. The molecule has 3 rings (SSSR count). The maximum absolute atomic E-state index is 13.0. The Morgan fingerprint density at radius 2 is 2.04 bits per heavy atom. The van der Waals surface area contributed by atoms with Crippen LogP contribution in [0.4, 0.5) is 14.9 Å². The number of oxazole rings is 1. The minimum Gasteiger partial charge on any atom is -0.495 e. The number of nitrogens with one attached hydrogen (secondary N) is 2. The zero-order valence-electron chi connectivity index (χ0n) is 14.5. The molecule has 0 bridgehead atoms. The molecule has 0 saturated carbocycles. The second-order valence-electron chi connectivity index (χ2n) is 5.63. The molecule has 0 spiro atoms. The molecule has 27 heavy (non-hydrogen) atoms. The van der Waals surface area contributed by atoms with E-state index >= 15 is 0 Å². The fourth-order valence-corrected chi connectivity index (χ4v) is 2.63. The molecule has 0 fully saturated rings. The van der Waals surface area contributed by atoms with Gasteiger partial charge in [-0.15, -0.1) is 0 Å². The summed E-state index contributed by atoms with van der Waals surface area (Å²) in [5.74, 6) is 0.617. The summed E-state index contributed by atoms with van der Waals surface area (Å²) in [4.78, 5) is 16.3. The summed E-state index contributed by atoms with van der Waals surface area (Å²) in [6, 6.07) is 10.5. The number of halogens is 2. The van der Waals surface area contributed by atoms with Crippen molar-refractivity contribution in [2.24, 2.45) is 0 Å². The van der Waals surface area contributed by atoms with Crippen LogP contribution in [0.1, 0.15) is 5.69 Å². The van der Waals surface area contributed by atoms with Crippen molar-refractivity contribution in [3.8, 4) is 17.2 Å². The molecule has 0 aliphatic carbocycles. The molecule has 0 atom stereocenters. The van der Waals surface area contributed by atoms with E-state index in [1.54, 1.807) is 30.3 Å². The number of amides is 2. The smallest absolute Gasteiger partial charge is 0.319 e. The second kappa shape index (κ2) is 8.55. The van der Waals surface area contributed by atoms with Gasteiger partial charge in [-0.3, -0.25) is 0 Å². The lowest BCUT2D eigenvalue weighted by atomic mass is 10.2. The summed E-state index contributed by atoms with van der Waals surface area (Å²) >= 11 is 6.02. The van der Waals surface area contributed by atoms with Crippen LogP contribution in [0, 0.1) is 5.82 Å². The lowest BCUT2D eigenvalue weighted by Gasteiger charge is -2.09. The Bertz CT molecular complexity index is 928. The average molecular weight is 390 g/mol. The number of carbonyl (C=O) groups excluding carboxylic acids is 1. The van der Waals surface area contributed by atoms with Crippen LogP contribution >= 0.6 is 11.6 Å². The van der Waals surface area contributed by atoms with Crippen molar-refractivity contribution in [1.29, 1.82) is 0 Å². The van der Waals surface area contributed by atoms with E-state index in [1.807, 2.05) is 0 Å². The number of aromatic nitrogens is 1. The number of ether oxygens (including phenoxy) is 1. The molecule has 6 nitrogen and oxygen atoms in total. The van der Waals surface area contributed by atoms with Crippen LogP contribution in [-0.4, -0.2) is 24.7 Å². The predicted molar refractivity (Wildman–Crippen MR) is 101 cm³/mol. The van der Waals surface area contributed by atoms with Gasteiger partial charge in [0.05, 0.1) is 17.8 Å². The highest BCUT2D eigenvalue weighted by atomic mass is 35.5. The third kappa shape index (κ3) is 4.98. The van der Waals surface area contributed by atoms with E-state index in [0.29, 0.717) is 46.6 Å². The van der Waals surface area contributed by atoms with E-state index in [2.05, 4.69) is 15.6 Å². The van der Waals surface area contributed by atoms with E-state index in [4.69, 9.17) is 20.8 Å². The van der Waals surface area contributed by atoms with E-state index in [9.17, 15) is 9.18 Å². The Labute approximate surface area is 160 Å². The van der Waals surface area contributed by atoms with Gasteiger partial charge in [0, 0.05) is 24.2 Å². The number of carbonyl (C=O) groups is 1. The summed E-state index contributed by atoms with van der Waals surface area (Å²) in [5.41, 5.74) is 1.92. The summed E-state index contributed by atoms with van der Waals surface area (Å²) in [5, 5.41) is 5.82. The summed E-state index contributed by atoms with van der Waals surface area (Å²) in [7, 11) is 1.52. The van der Waals surface area contributed by atoms with Crippen molar-refractivity contribution in [2.75, 3.05) is 19.0 Å². The normalized spacial score (nSPS) is 10.5. The number of anilines is 1. The molecule has 8 heteroatoms. The highest BCUT2D eigenvalue weighted by Gasteiger charge is 2.08. The predicted octanol–water partition coefficient (Wildman–Crippen LogP) is 4.51. The lowest BCUT2D eigenvalue weighted by Crippen LogP contribution is -2.30. The molecule has 1 heterocycles. The monoisotopic (exact) mass is 389 g/mol. The molecule has 0 aliphatic heterocycles. The van der Waals surface area contributed by atoms with Crippen LogP contribution in [0.15, 0.2) is 53.1 Å². The number of rotatable bonds is 6. The van der Waals surface area contributed by atoms with Crippen LogP contribution in [0.3, 0.4) is 0 Å². The topological polar surface area (TPSA) is 76.4 Å². The molecule has 2 aromatic carbocycles. The van der Waals surface area contributed by atoms with Gasteiger partial charge in [-0.1, -0.05) is 11.6 Å². The van der Waals surface area contributed by atoms with Crippen molar-refractivity contribution in [1.82, 2.24) is 10.3 Å². The van der Waals surface area contributed by atoms with Crippen molar-refractivity contribution >= 4 is 23.3 Å². The number of urea groups is 1. The molecular weight excluding hydrogens is 373 g/mol. The first-order valence-electron chi connectivity index (χ1n) is 8.14. The minimum absolute atomic E-state index is 0.320. The first kappa shape index (κ1) is 18.7. The van der Waals surface area contributed by atoms with Crippen molar-refractivity contribution in [3.05, 3.63) is 65.3 Å². The van der Waals surface area contributed by atoms with Crippen molar-refractivity contribution in [2.45, 2.75) is 6.42 Å². The summed E-state index contributed by atoms with van der Waals surface area (Å²) < 4.78 is 23.4. The molecule has 2 N–H and O–H groups in total. The maximum Gasteiger partial charge on any atom is 0.319 e. The zero-order valence-corrected chi connectivity index (χ0v) is 15.2. The van der Waals surface area contributed by atoms with Crippen molar-refractivity contribution < 1.29 is 18.3 Å². The molecule has 0 saturated heterocycles. The number of benzene rings is 2. The molecule has 0 radical (unpaired) electrons. The quantitative estimate of drug-likeness (QED) is 0.650. The molecule has 3 aromatic rings. The Hall–Kier alpha value is -3.06. The lowest BCUT2D eigenvalue weighted by molar-refractivity contribution is 0.252. The largest absolute Gasteiger partial charge is 0.495 e. The first-order valence-corrected chi connectivity index (χ1v) is 8.51. The van der Waals surface area contributed by atoms with Crippen LogP contribution in [0.25, 0.3) is 11.5 Å².